The monoisotopic (exact) mass is 376 g/mol. The lowest BCUT2D eigenvalue weighted by atomic mass is 10.2. The summed E-state index contributed by atoms with van der Waals surface area (Å²) >= 11 is 6.00. The van der Waals surface area contributed by atoms with Gasteiger partial charge in [0.2, 0.25) is 0 Å². The van der Waals surface area contributed by atoms with Crippen LogP contribution in [0.25, 0.3) is 0 Å². The van der Waals surface area contributed by atoms with Crippen LogP contribution in [0.1, 0.15) is 30.7 Å². The molecule has 2 heterocycles. The maximum atomic E-state index is 12.3. The molecule has 0 unspecified atom stereocenters. The van der Waals surface area contributed by atoms with Gasteiger partial charge in [-0.2, -0.15) is 5.10 Å². The number of guanidine groups is 1. The van der Waals surface area contributed by atoms with Gasteiger partial charge < -0.3 is 10.6 Å². The Morgan fingerprint density at radius 2 is 2.23 bits per heavy atom. The summed E-state index contributed by atoms with van der Waals surface area (Å²) in [6.45, 7) is 2.76. The molecule has 0 amide bonds. The van der Waals surface area contributed by atoms with Crippen LogP contribution in [0.5, 0.6) is 0 Å². The molecular formula is C18H25ClN6O. The third-order valence-electron chi connectivity index (χ3n) is 4.44. The second-order valence-electron chi connectivity index (χ2n) is 6.37. The lowest BCUT2D eigenvalue weighted by Gasteiger charge is -2.12. The molecule has 3 rings (SSSR count). The van der Waals surface area contributed by atoms with Gasteiger partial charge in [-0.05, 0) is 37.0 Å². The molecule has 8 heteroatoms. The van der Waals surface area contributed by atoms with Crippen molar-refractivity contribution in [1.82, 2.24) is 25.0 Å². The highest BCUT2D eigenvalue weighted by Gasteiger charge is 2.16. The molecule has 0 saturated carbocycles. The van der Waals surface area contributed by atoms with Gasteiger partial charge in [0.15, 0.2) is 5.96 Å². The van der Waals surface area contributed by atoms with Gasteiger partial charge in [0.25, 0.3) is 0 Å². The number of rotatable bonds is 6. The summed E-state index contributed by atoms with van der Waals surface area (Å²) in [6.07, 6.45) is 3.89. The van der Waals surface area contributed by atoms with E-state index in [2.05, 4.69) is 20.7 Å². The average Bonchev–Trinajstić information content (AvgIpc) is 2.97. The van der Waals surface area contributed by atoms with Gasteiger partial charge in [0, 0.05) is 44.7 Å². The molecule has 0 aliphatic carbocycles. The number of hydrogen-bond donors (Lipinski definition) is 2. The van der Waals surface area contributed by atoms with Crippen LogP contribution < -0.4 is 16.3 Å². The van der Waals surface area contributed by atoms with Crippen LogP contribution in [-0.2, 0) is 26.1 Å². The first kappa shape index (κ1) is 18.5. The summed E-state index contributed by atoms with van der Waals surface area (Å²) in [5, 5.41) is 11.7. The van der Waals surface area contributed by atoms with Crippen LogP contribution >= 0.6 is 11.6 Å². The first-order chi connectivity index (χ1) is 12.7. The molecule has 0 spiro atoms. The van der Waals surface area contributed by atoms with E-state index in [0.29, 0.717) is 19.6 Å². The van der Waals surface area contributed by atoms with Crippen molar-refractivity contribution >= 4 is 17.6 Å². The highest BCUT2D eigenvalue weighted by Crippen LogP contribution is 2.10. The Bertz CT molecular complexity index is 825. The van der Waals surface area contributed by atoms with Crippen molar-refractivity contribution in [3.05, 3.63) is 51.2 Å². The highest BCUT2D eigenvalue weighted by molar-refractivity contribution is 6.30. The number of hydrogen-bond acceptors (Lipinski definition) is 3. The number of fused-ring (bicyclic) bond motifs is 1. The predicted octanol–water partition coefficient (Wildman–Crippen LogP) is 1.79. The van der Waals surface area contributed by atoms with Crippen LogP contribution in [0.2, 0.25) is 5.02 Å². The van der Waals surface area contributed by atoms with Crippen molar-refractivity contribution in [1.29, 1.82) is 0 Å². The molecule has 0 bridgehead atoms. The summed E-state index contributed by atoms with van der Waals surface area (Å²) in [5.41, 5.74) is 1.11. The van der Waals surface area contributed by atoms with Gasteiger partial charge in [0.1, 0.15) is 5.82 Å². The molecule has 7 nitrogen and oxygen atoms in total. The first-order valence-electron chi connectivity index (χ1n) is 9.03. The second-order valence-corrected chi connectivity index (χ2v) is 6.80. The van der Waals surface area contributed by atoms with Gasteiger partial charge in [-0.1, -0.05) is 23.7 Å². The maximum Gasteiger partial charge on any atom is 0.345 e. The van der Waals surface area contributed by atoms with E-state index < -0.39 is 0 Å². The smallest absolute Gasteiger partial charge is 0.345 e. The van der Waals surface area contributed by atoms with Crippen LogP contribution in [0.15, 0.2) is 34.1 Å². The maximum absolute atomic E-state index is 12.3. The molecule has 0 radical (unpaired) electrons. The fourth-order valence-electron chi connectivity index (χ4n) is 3.08. The number of benzene rings is 1. The standard InChI is InChI=1S/C18H25ClN6O/c1-20-17(22-13-14-6-4-7-15(19)12-14)21-9-5-11-25-18(26)24-10-3-2-8-16(24)23-25/h4,6-7,12H,2-3,5,8-11,13H2,1H3,(H2,20,21,22). The molecule has 140 valence electrons. The molecule has 1 aliphatic rings. The van der Waals surface area contributed by atoms with Crippen molar-refractivity contribution in [3.8, 4) is 0 Å². The van der Waals surface area contributed by atoms with Crippen molar-refractivity contribution in [2.24, 2.45) is 4.99 Å². The second kappa shape index (κ2) is 8.89. The molecule has 1 aromatic heterocycles. The van der Waals surface area contributed by atoms with E-state index in [9.17, 15) is 4.79 Å². The van der Waals surface area contributed by atoms with E-state index in [1.165, 1.54) is 0 Å². The van der Waals surface area contributed by atoms with Crippen molar-refractivity contribution in [2.75, 3.05) is 13.6 Å². The van der Waals surface area contributed by atoms with Gasteiger partial charge in [-0.25, -0.2) is 9.48 Å². The quantitative estimate of drug-likeness (QED) is 0.458. The van der Waals surface area contributed by atoms with Gasteiger partial charge in [0.05, 0.1) is 0 Å². The van der Waals surface area contributed by atoms with E-state index in [1.54, 1.807) is 11.7 Å². The molecule has 26 heavy (non-hydrogen) atoms. The molecular weight excluding hydrogens is 352 g/mol. The predicted molar refractivity (Wildman–Crippen MR) is 104 cm³/mol. The highest BCUT2D eigenvalue weighted by atomic mass is 35.5. The molecule has 0 atom stereocenters. The number of aromatic nitrogens is 3. The van der Waals surface area contributed by atoms with E-state index in [4.69, 9.17) is 11.6 Å². The summed E-state index contributed by atoms with van der Waals surface area (Å²) in [7, 11) is 1.74. The third kappa shape index (κ3) is 4.66. The Morgan fingerprint density at radius 1 is 1.35 bits per heavy atom. The first-order valence-corrected chi connectivity index (χ1v) is 9.40. The minimum Gasteiger partial charge on any atom is -0.356 e. The number of aliphatic imine (C=N–C) groups is 1. The zero-order valence-corrected chi connectivity index (χ0v) is 15.8. The van der Waals surface area contributed by atoms with Gasteiger partial charge in [-0.15, -0.1) is 0 Å². The van der Waals surface area contributed by atoms with E-state index >= 15 is 0 Å². The Balaban J connectivity index is 1.43. The Morgan fingerprint density at radius 3 is 3.00 bits per heavy atom. The van der Waals surface area contributed by atoms with Crippen LogP contribution in [0.3, 0.4) is 0 Å². The zero-order valence-electron chi connectivity index (χ0n) is 15.0. The minimum absolute atomic E-state index is 0.0168. The van der Waals surface area contributed by atoms with Crippen molar-refractivity contribution in [2.45, 2.75) is 45.3 Å². The van der Waals surface area contributed by atoms with Crippen LogP contribution in [0.4, 0.5) is 0 Å². The normalized spacial score (nSPS) is 14.2. The van der Waals surface area contributed by atoms with E-state index in [0.717, 1.165) is 54.6 Å². The molecule has 1 aromatic carbocycles. The lowest BCUT2D eigenvalue weighted by molar-refractivity contribution is 0.509. The topological polar surface area (TPSA) is 76.2 Å². The summed E-state index contributed by atoms with van der Waals surface area (Å²) in [5.74, 6) is 1.65. The Hall–Kier alpha value is -2.28. The van der Waals surface area contributed by atoms with Crippen molar-refractivity contribution in [3.63, 3.8) is 0 Å². The van der Waals surface area contributed by atoms with Crippen molar-refractivity contribution < 1.29 is 0 Å². The number of nitrogens with one attached hydrogen (secondary N) is 2. The van der Waals surface area contributed by atoms with Gasteiger partial charge in [-0.3, -0.25) is 9.56 Å². The number of nitrogens with zero attached hydrogens (tertiary/aromatic N) is 4. The lowest BCUT2D eigenvalue weighted by Crippen LogP contribution is -2.37. The largest absolute Gasteiger partial charge is 0.356 e. The van der Waals surface area contributed by atoms with Gasteiger partial charge >= 0.3 is 5.69 Å². The fourth-order valence-corrected chi connectivity index (χ4v) is 3.30. The summed E-state index contributed by atoms with van der Waals surface area (Å²) in [4.78, 5) is 16.5. The minimum atomic E-state index is 0.0168. The number of aryl methyl sites for hydroxylation is 2. The molecule has 2 aromatic rings. The van der Waals surface area contributed by atoms with Crippen LogP contribution in [0, 0.1) is 0 Å². The molecule has 1 aliphatic heterocycles. The molecule has 0 fully saturated rings. The van der Waals surface area contributed by atoms with E-state index in [-0.39, 0.29) is 5.69 Å². The number of halogens is 1. The molecule has 0 saturated heterocycles. The third-order valence-corrected chi connectivity index (χ3v) is 4.68. The molecule has 2 N–H and O–H groups in total. The average molecular weight is 377 g/mol. The fraction of sp³-hybridized carbons (Fsp3) is 0.500. The zero-order chi connectivity index (χ0) is 18.4. The van der Waals surface area contributed by atoms with Crippen LogP contribution in [-0.4, -0.2) is 33.9 Å². The SMILES string of the molecule is CN=C(NCCCn1nc2n(c1=O)CCCC2)NCc1cccc(Cl)c1. The Kier molecular flexibility index (Phi) is 6.33. The Labute approximate surface area is 158 Å². The summed E-state index contributed by atoms with van der Waals surface area (Å²) < 4.78 is 3.40. The van der Waals surface area contributed by atoms with E-state index in [1.807, 2.05) is 28.8 Å². The summed E-state index contributed by atoms with van der Waals surface area (Å²) in [6, 6.07) is 7.72.